The molecule has 0 spiro atoms. The molecule has 1 aromatic heterocycles. The SMILES string of the molecule is COc1ccc(-c2[nH]ncc2CNS(=O)(=O)N2CCCCC2)cc1. The molecule has 1 saturated heterocycles. The van der Waals surface area contributed by atoms with Crippen LogP contribution in [0.25, 0.3) is 11.3 Å². The van der Waals surface area contributed by atoms with E-state index >= 15 is 0 Å². The Balaban J connectivity index is 1.71. The van der Waals surface area contributed by atoms with Gasteiger partial charge in [0, 0.05) is 30.8 Å². The van der Waals surface area contributed by atoms with Crippen molar-refractivity contribution in [3.05, 3.63) is 36.0 Å². The third kappa shape index (κ3) is 3.77. The van der Waals surface area contributed by atoms with Crippen LogP contribution in [0.4, 0.5) is 0 Å². The van der Waals surface area contributed by atoms with Crippen molar-refractivity contribution in [3.8, 4) is 17.0 Å². The molecule has 0 saturated carbocycles. The van der Waals surface area contributed by atoms with Gasteiger partial charge in [0.1, 0.15) is 5.75 Å². The highest BCUT2D eigenvalue weighted by Gasteiger charge is 2.23. The Kier molecular flexibility index (Phi) is 5.17. The maximum absolute atomic E-state index is 12.4. The average molecular weight is 350 g/mol. The smallest absolute Gasteiger partial charge is 0.279 e. The van der Waals surface area contributed by atoms with E-state index < -0.39 is 10.2 Å². The Morgan fingerprint density at radius 2 is 1.92 bits per heavy atom. The Morgan fingerprint density at radius 3 is 2.58 bits per heavy atom. The minimum absolute atomic E-state index is 0.205. The van der Waals surface area contributed by atoms with E-state index in [1.165, 1.54) is 4.31 Å². The van der Waals surface area contributed by atoms with Crippen molar-refractivity contribution >= 4 is 10.2 Å². The van der Waals surface area contributed by atoms with E-state index in [0.717, 1.165) is 41.8 Å². The number of methoxy groups -OCH3 is 1. The number of hydrogen-bond acceptors (Lipinski definition) is 4. The van der Waals surface area contributed by atoms with Crippen molar-refractivity contribution in [2.75, 3.05) is 20.2 Å². The van der Waals surface area contributed by atoms with Crippen LogP contribution in [0.5, 0.6) is 5.75 Å². The van der Waals surface area contributed by atoms with E-state index in [1.807, 2.05) is 24.3 Å². The summed E-state index contributed by atoms with van der Waals surface area (Å²) in [6.07, 6.45) is 4.58. The van der Waals surface area contributed by atoms with Gasteiger partial charge in [0.05, 0.1) is 19.0 Å². The molecule has 130 valence electrons. The van der Waals surface area contributed by atoms with Crippen LogP contribution in [0, 0.1) is 0 Å². The molecule has 0 unspecified atom stereocenters. The fourth-order valence-corrected chi connectivity index (χ4v) is 4.08. The first kappa shape index (κ1) is 16.9. The standard InChI is InChI=1S/C16H22N4O3S/c1-23-15-7-5-13(6-8-15)16-14(11-17-19-16)12-18-24(21,22)20-9-3-2-4-10-20/h5-8,11,18H,2-4,9-10,12H2,1H3,(H,17,19). The largest absolute Gasteiger partial charge is 0.497 e. The number of benzene rings is 1. The molecular formula is C16H22N4O3S. The first-order chi connectivity index (χ1) is 11.6. The monoisotopic (exact) mass is 350 g/mol. The third-order valence-electron chi connectivity index (χ3n) is 4.20. The van der Waals surface area contributed by atoms with Crippen molar-refractivity contribution < 1.29 is 13.2 Å². The molecule has 1 aromatic carbocycles. The first-order valence-electron chi connectivity index (χ1n) is 8.01. The Hall–Kier alpha value is -1.90. The van der Waals surface area contributed by atoms with E-state index in [0.29, 0.717) is 13.1 Å². The van der Waals surface area contributed by atoms with Crippen LogP contribution < -0.4 is 9.46 Å². The number of ether oxygens (including phenoxy) is 1. The molecule has 8 heteroatoms. The van der Waals surface area contributed by atoms with Crippen molar-refractivity contribution in [1.82, 2.24) is 19.2 Å². The zero-order valence-corrected chi connectivity index (χ0v) is 14.5. The average Bonchev–Trinajstić information content (AvgIpc) is 3.09. The summed E-state index contributed by atoms with van der Waals surface area (Å²) < 4.78 is 34.1. The summed E-state index contributed by atoms with van der Waals surface area (Å²) in [5.74, 6) is 0.769. The second-order valence-electron chi connectivity index (χ2n) is 5.78. The summed E-state index contributed by atoms with van der Waals surface area (Å²) >= 11 is 0. The summed E-state index contributed by atoms with van der Waals surface area (Å²) in [5, 5.41) is 6.99. The number of hydrogen-bond donors (Lipinski definition) is 2. The fraction of sp³-hybridized carbons (Fsp3) is 0.438. The molecular weight excluding hydrogens is 328 g/mol. The summed E-state index contributed by atoms with van der Waals surface area (Å²) in [6, 6.07) is 7.54. The van der Waals surface area contributed by atoms with Gasteiger partial charge in [0.2, 0.25) is 0 Å². The van der Waals surface area contributed by atoms with Crippen LogP contribution in [0.3, 0.4) is 0 Å². The second kappa shape index (κ2) is 7.33. The van der Waals surface area contributed by atoms with Gasteiger partial charge in [-0.1, -0.05) is 6.42 Å². The highest BCUT2D eigenvalue weighted by Crippen LogP contribution is 2.24. The number of piperidine rings is 1. The second-order valence-corrected chi connectivity index (χ2v) is 7.54. The quantitative estimate of drug-likeness (QED) is 0.833. The highest BCUT2D eigenvalue weighted by atomic mass is 32.2. The molecule has 1 aliphatic rings. The molecule has 1 aliphatic heterocycles. The van der Waals surface area contributed by atoms with Gasteiger partial charge in [-0.3, -0.25) is 5.10 Å². The van der Waals surface area contributed by atoms with Crippen LogP contribution in [0.15, 0.2) is 30.5 Å². The van der Waals surface area contributed by atoms with Gasteiger partial charge >= 0.3 is 0 Å². The van der Waals surface area contributed by atoms with Gasteiger partial charge in [-0.05, 0) is 37.1 Å². The number of nitrogens with one attached hydrogen (secondary N) is 2. The van der Waals surface area contributed by atoms with E-state index in [-0.39, 0.29) is 6.54 Å². The zero-order valence-electron chi connectivity index (χ0n) is 13.7. The Labute approximate surface area is 142 Å². The molecule has 2 N–H and O–H groups in total. The Bertz CT molecular complexity index is 765. The molecule has 0 radical (unpaired) electrons. The van der Waals surface area contributed by atoms with Crippen LogP contribution in [0.2, 0.25) is 0 Å². The van der Waals surface area contributed by atoms with Gasteiger partial charge in [0.25, 0.3) is 10.2 Å². The molecule has 0 atom stereocenters. The van der Waals surface area contributed by atoms with E-state index in [4.69, 9.17) is 4.74 Å². The molecule has 2 heterocycles. The van der Waals surface area contributed by atoms with Gasteiger partial charge in [-0.25, -0.2) is 0 Å². The van der Waals surface area contributed by atoms with Crippen molar-refractivity contribution in [2.45, 2.75) is 25.8 Å². The van der Waals surface area contributed by atoms with Gasteiger partial charge < -0.3 is 4.74 Å². The van der Waals surface area contributed by atoms with Crippen LogP contribution in [0.1, 0.15) is 24.8 Å². The van der Waals surface area contributed by atoms with E-state index in [1.54, 1.807) is 13.3 Å². The maximum Gasteiger partial charge on any atom is 0.279 e. The number of rotatable bonds is 6. The number of nitrogens with zero attached hydrogens (tertiary/aromatic N) is 2. The lowest BCUT2D eigenvalue weighted by molar-refractivity contribution is 0.341. The molecule has 7 nitrogen and oxygen atoms in total. The lowest BCUT2D eigenvalue weighted by atomic mass is 10.1. The first-order valence-corrected chi connectivity index (χ1v) is 9.45. The van der Waals surface area contributed by atoms with Gasteiger partial charge in [-0.15, -0.1) is 0 Å². The predicted molar refractivity (Wildman–Crippen MR) is 91.8 cm³/mol. The maximum atomic E-state index is 12.4. The lowest BCUT2D eigenvalue weighted by Gasteiger charge is -2.25. The van der Waals surface area contributed by atoms with E-state index in [9.17, 15) is 8.42 Å². The van der Waals surface area contributed by atoms with Gasteiger partial charge in [-0.2, -0.15) is 22.5 Å². The molecule has 0 bridgehead atoms. The third-order valence-corrected chi connectivity index (χ3v) is 5.75. The van der Waals surface area contributed by atoms with E-state index in [2.05, 4.69) is 14.9 Å². The lowest BCUT2D eigenvalue weighted by Crippen LogP contribution is -2.43. The van der Waals surface area contributed by atoms with Crippen LogP contribution in [-0.2, 0) is 16.8 Å². The summed E-state index contributed by atoms with van der Waals surface area (Å²) in [5.41, 5.74) is 2.54. The minimum atomic E-state index is -3.45. The minimum Gasteiger partial charge on any atom is -0.497 e. The molecule has 3 rings (SSSR count). The molecule has 24 heavy (non-hydrogen) atoms. The summed E-state index contributed by atoms with van der Waals surface area (Å²) in [7, 11) is -1.83. The molecule has 1 fully saturated rings. The zero-order chi connectivity index (χ0) is 17.0. The normalized spacial score (nSPS) is 16.2. The molecule has 0 aliphatic carbocycles. The number of H-pyrrole nitrogens is 1. The topological polar surface area (TPSA) is 87.3 Å². The van der Waals surface area contributed by atoms with Crippen molar-refractivity contribution in [1.29, 1.82) is 0 Å². The molecule has 0 amide bonds. The number of aromatic nitrogens is 2. The van der Waals surface area contributed by atoms with Crippen LogP contribution >= 0.6 is 0 Å². The fourth-order valence-electron chi connectivity index (χ4n) is 2.82. The summed E-state index contributed by atoms with van der Waals surface area (Å²) in [4.78, 5) is 0. The summed E-state index contributed by atoms with van der Waals surface area (Å²) in [6.45, 7) is 1.38. The van der Waals surface area contributed by atoms with Crippen molar-refractivity contribution in [3.63, 3.8) is 0 Å². The predicted octanol–water partition coefficient (Wildman–Crippen LogP) is 1.91. The highest BCUT2D eigenvalue weighted by molar-refractivity contribution is 7.87. The van der Waals surface area contributed by atoms with Crippen LogP contribution in [-0.4, -0.2) is 43.1 Å². The number of aromatic amines is 1. The van der Waals surface area contributed by atoms with Gasteiger partial charge in [0.15, 0.2) is 0 Å². The van der Waals surface area contributed by atoms with Crippen molar-refractivity contribution in [2.24, 2.45) is 0 Å². The Morgan fingerprint density at radius 1 is 1.21 bits per heavy atom. The molecule has 2 aromatic rings.